The Labute approximate surface area is 75.4 Å². The summed E-state index contributed by atoms with van der Waals surface area (Å²) in [5.41, 5.74) is 0. The first-order chi connectivity index (χ1) is 5.08. The summed E-state index contributed by atoms with van der Waals surface area (Å²) in [5, 5.41) is 1.09. The van der Waals surface area contributed by atoms with Gasteiger partial charge < -0.3 is 0 Å². The van der Waals surface area contributed by atoms with Crippen LogP contribution in [-0.2, 0) is 9.05 Å². The number of rotatable bonds is 2. The van der Waals surface area contributed by atoms with Gasteiger partial charge in [-0.3, -0.25) is 0 Å². The molecule has 1 rings (SSSR count). The molecule has 0 radical (unpaired) electrons. The van der Waals surface area contributed by atoms with Crippen molar-refractivity contribution in [2.45, 2.75) is 6.42 Å². The molecule has 1 atom stereocenters. The van der Waals surface area contributed by atoms with Crippen molar-refractivity contribution in [2.75, 3.05) is 11.5 Å². The van der Waals surface area contributed by atoms with E-state index in [4.69, 9.17) is 10.7 Å². The van der Waals surface area contributed by atoms with Crippen LogP contribution in [0.25, 0.3) is 0 Å². The Bertz CT molecular complexity index is 239. The molecule has 0 bridgehead atoms. The van der Waals surface area contributed by atoms with Gasteiger partial charge in [-0.2, -0.15) is 11.8 Å². The number of hydrogen-bond donors (Lipinski definition) is 0. The van der Waals surface area contributed by atoms with Crippen molar-refractivity contribution < 1.29 is 8.42 Å². The predicted octanol–water partition coefficient (Wildman–Crippen LogP) is 1.82. The van der Waals surface area contributed by atoms with Crippen LogP contribution in [0, 0.1) is 5.92 Å². The normalized spacial score (nSPS) is 26.5. The molecule has 0 aromatic rings. The molecule has 1 heterocycles. The maximum Gasteiger partial charge on any atom is 0.254 e. The minimum Gasteiger partial charge on any atom is -0.208 e. The standard InChI is InChI=1S/C6H9ClO2S2/c7-11(8,9)4-2-6-1-3-10-5-6/h2,4,6H,1,3,5H2/b4-2-. The van der Waals surface area contributed by atoms with E-state index >= 15 is 0 Å². The van der Waals surface area contributed by atoms with Gasteiger partial charge >= 0.3 is 0 Å². The van der Waals surface area contributed by atoms with Gasteiger partial charge in [0.25, 0.3) is 9.05 Å². The van der Waals surface area contributed by atoms with Crippen molar-refractivity contribution in [3.05, 3.63) is 11.5 Å². The summed E-state index contributed by atoms with van der Waals surface area (Å²) in [7, 11) is 1.56. The maximum atomic E-state index is 10.5. The fraction of sp³-hybridized carbons (Fsp3) is 0.667. The van der Waals surface area contributed by atoms with Crippen LogP contribution in [0.15, 0.2) is 11.5 Å². The summed E-state index contributed by atoms with van der Waals surface area (Å²) < 4.78 is 20.9. The Hall–Kier alpha value is 0.330. The van der Waals surface area contributed by atoms with Gasteiger partial charge in [-0.05, 0) is 23.8 Å². The molecule has 0 aromatic heterocycles. The van der Waals surface area contributed by atoms with E-state index in [1.807, 2.05) is 11.8 Å². The van der Waals surface area contributed by atoms with E-state index in [0.717, 1.165) is 23.3 Å². The minimum absolute atomic E-state index is 0.397. The van der Waals surface area contributed by atoms with Crippen molar-refractivity contribution >= 4 is 31.5 Å². The molecule has 2 nitrogen and oxygen atoms in total. The lowest BCUT2D eigenvalue weighted by Crippen LogP contribution is -1.92. The zero-order valence-electron chi connectivity index (χ0n) is 5.86. The van der Waals surface area contributed by atoms with E-state index in [9.17, 15) is 8.42 Å². The Morgan fingerprint density at radius 3 is 2.73 bits per heavy atom. The lowest BCUT2D eigenvalue weighted by molar-refractivity contribution is 0.616. The molecular formula is C6H9ClO2S2. The first-order valence-corrected chi connectivity index (χ1v) is 6.81. The highest BCUT2D eigenvalue weighted by molar-refractivity contribution is 8.16. The summed E-state index contributed by atoms with van der Waals surface area (Å²) in [6.45, 7) is 0. The molecule has 1 aliphatic rings. The first kappa shape index (κ1) is 9.42. The topological polar surface area (TPSA) is 34.1 Å². The average Bonchev–Trinajstić information content (AvgIpc) is 2.32. The maximum absolute atomic E-state index is 10.5. The molecule has 0 N–H and O–H groups in total. The SMILES string of the molecule is O=S(=O)(Cl)/C=C\C1CCSC1. The molecular weight excluding hydrogens is 204 g/mol. The van der Waals surface area contributed by atoms with Crippen LogP contribution in [0.2, 0.25) is 0 Å². The molecule has 1 saturated heterocycles. The van der Waals surface area contributed by atoms with Crippen molar-refractivity contribution in [3.8, 4) is 0 Å². The summed E-state index contributed by atoms with van der Waals surface area (Å²) in [5.74, 6) is 2.54. The summed E-state index contributed by atoms with van der Waals surface area (Å²) >= 11 is 1.84. The number of halogens is 1. The average molecular weight is 213 g/mol. The molecule has 5 heteroatoms. The van der Waals surface area contributed by atoms with Gasteiger partial charge in [0.05, 0.1) is 0 Å². The van der Waals surface area contributed by atoms with E-state index in [-0.39, 0.29) is 0 Å². The van der Waals surface area contributed by atoms with Gasteiger partial charge in [0, 0.05) is 16.1 Å². The van der Waals surface area contributed by atoms with E-state index in [1.165, 1.54) is 0 Å². The molecule has 0 saturated carbocycles. The Morgan fingerprint density at radius 1 is 1.55 bits per heavy atom. The molecule has 11 heavy (non-hydrogen) atoms. The summed E-state index contributed by atoms with van der Waals surface area (Å²) in [4.78, 5) is 0. The van der Waals surface area contributed by atoms with Crippen LogP contribution < -0.4 is 0 Å². The molecule has 1 aliphatic heterocycles. The van der Waals surface area contributed by atoms with Gasteiger partial charge in [0.15, 0.2) is 0 Å². The molecule has 0 spiro atoms. The van der Waals surface area contributed by atoms with Gasteiger partial charge in [0.2, 0.25) is 0 Å². The molecule has 0 amide bonds. The predicted molar refractivity (Wildman–Crippen MR) is 49.3 cm³/mol. The zero-order valence-corrected chi connectivity index (χ0v) is 8.25. The zero-order chi connectivity index (χ0) is 8.32. The van der Waals surface area contributed by atoms with Crippen LogP contribution in [0.4, 0.5) is 0 Å². The molecule has 0 aromatic carbocycles. The quantitative estimate of drug-likeness (QED) is 0.655. The lowest BCUT2D eigenvalue weighted by Gasteiger charge is -1.96. The third kappa shape index (κ3) is 4.03. The second-order valence-corrected chi connectivity index (χ2v) is 6.09. The van der Waals surface area contributed by atoms with Gasteiger partial charge in [0.1, 0.15) is 0 Å². The third-order valence-electron chi connectivity index (χ3n) is 1.48. The van der Waals surface area contributed by atoms with Gasteiger partial charge in [-0.25, -0.2) is 8.42 Å². The van der Waals surface area contributed by atoms with E-state index in [0.29, 0.717) is 5.92 Å². The largest absolute Gasteiger partial charge is 0.254 e. The summed E-state index contributed by atoms with van der Waals surface area (Å²) in [6.07, 6.45) is 2.75. The Kier molecular flexibility index (Phi) is 3.28. The van der Waals surface area contributed by atoms with Crippen molar-refractivity contribution in [2.24, 2.45) is 5.92 Å². The highest BCUT2D eigenvalue weighted by atomic mass is 35.7. The third-order valence-corrected chi connectivity index (χ3v) is 3.46. The molecule has 64 valence electrons. The second-order valence-electron chi connectivity index (χ2n) is 2.43. The second kappa shape index (κ2) is 3.83. The number of hydrogen-bond acceptors (Lipinski definition) is 3. The minimum atomic E-state index is -3.43. The van der Waals surface area contributed by atoms with Gasteiger partial charge in [-0.1, -0.05) is 6.08 Å². The van der Waals surface area contributed by atoms with E-state index in [2.05, 4.69) is 0 Å². The molecule has 0 aliphatic carbocycles. The first-order valence-electron chi connectivity index (χ1n) is 3.28. The van der Waals surface area contributed by atoms with Crippen LogP contribution >= 0.6 is 22.4 Å². The molecule has 1 fully saturated rings. The fourth-order valence-electron chi connectivity index (χ4n) is 0.909. The van der Waals surface area contributed by atoms with Crippen molar-refractivity contribution in [1.29, 1.82) is 0 Å². The van der Waals surface area contributed by atoms with E-state index in [1.54, 1.807) is 6.08 Å². The van der Waals surface area contributed by atoms with Crippen LogP contribution in [0.1, 0.15) is 6.42 Å². The lowest BCUT2D eigenvalue weighted by atomic mass is 10.1. The van der Waals surface area contributed by atoms with E-state index < -0.39 is 9.05 Å². The highest BCUT2D eigenvalue weighted by Gasteiger charge is 2.12. The van der Waals surface area contributed by atoms with Gasteiger partial charge in [-0.15, -0.1) is 0 Å². The smallest absolute Gasteiger partial charge is 0.208 e. The van der Waals surface area contributed by atoms with Crippen LogP contribution in [-0.4, -0.2) is 19.9 Å². The van der Waals surface area contributed by atoms with Crippen molar-refractivity contribution in [1.82, 2.24) is 0 Å². The van der Waals surface area contributed by atoms with Crippen molar-refractivity contribution in [3.63, 3.8) is 0 Å². The highest BCUT2D eigenvalue weighted by Crippen LogP contribution is 2.24. The fourth-order valence-corrected chi connectivity index (χ4v) is 2.71. The van der Waals surface area contributed by atoms with Crippen LogP contribution in [0.3, 0.4) is 0 Å². The summed E-state index contributed by atoms with van der Waals surface area (Å²) in [6, 6.07) is 0. The number of thioether (sulfide) groups is 1. The Balaban J connectivity index is 2.47. The Morgan fingerprint density at radius 2 is 2.27 bits per heavy atom. The van der Waals surface area contributed by atoms with Crippen LogP contribution in [0.5, 0.6) is 0 Å². The number of allylic oxidation sites excluding steroid dienone is 1. The molecule has 1 unspecified atom stereocenters. The monoisotopic (exact) mass is 212 g/mol.